The Kier molecular flexibility index (Phi) is 5.13. The molecule has 1 aliphatic rings. The lowest BCUT2D eigenvalue weighted by molar-refractivity contribution is 0.0586. The van der Waals surface area contributed by atoms with Gasteiger partial charge in [-0.05, 0) is 38.7 Å². The van der Waals surface area contributed by atoms with Crippen molar-refractivity contribution >= 4 is 11.4 Å². The Morgan fingerprint density at radius 1 is 1.54 bits per heavy atom. The molecule has 142 valence electrons. The first-order valence-corrected chi connectivity index (χ1v) is 8.64. The molecule has 1 saturated carbocycles. The number of nitrogens with zero attached hydrogens (tertiary/aromatic N) is 2. The van der Waals surface area contributed by atoms with E-state index in [2.05, 4.69) is 10.4 Å². The van der Waals surface area contributed by atoms with Crippen LogP contribution in [-0.2, 0) is 0 Å². The van der Waals surface area contributed by atoms with E-state index in [0.29, 0.717) is 29.5 Å². The van der Waals surface area contributed by atoms with Crippen molar-refractivity contribution in [2.45, 2.75) is 45.1 Å². The number of aryl methyl sites for hydroxylation is 1. The number of fused-ring (bicyclic) bond motifs is 1. The number of halogens is 2. The van der Waals surface area contributed by atoms with Crippen LogP contribution in [0.4, 0.5) is 8.78 Å². The van der Waals surface area contributed by atoms with Crippen LogP contribution in [0.3, 0.4) is 0 Å². The highest BCUT2D eigenvalue weighted by Crippen LogP contribution is 2.30. The number of amides is 1. The van der Waals surface area contributed by atoms with Crippen LogP contribution >= 0.6 is 0 Å². The van der Waals surface area contributed by atoms with Gasteiger partial charge in [-0.25, -0.2) is 13.3 Å². The van der Waals surface area contributed by atoms with Crippen molar-refractivity contribution in [1.82, 2.24) is 14.9 Å². The van der Waals surface area contributed by atoms with Crippen LogP contribution in [0, 0.1) is 12.8 Å². The number of hydrogen-bond acceptors (Lipinski definition) is 4. The minimum Gasteiger partial charge on any atom is -0.493 e. The number of ether oxygens (including phenoxy) is 1. The third-order valence-electron chi connectivity index (χ3n) is 4.56. The molecular weight excluding hydrogens is 344 g/mol. The molecule has 26 heavy (non-hydrogen) atoms. The molecule has 0 aromatic carbocycles. The third-order valence-corrected chi connectivity index (χ3v) is 4.56. The highest BCUT2D eigenvalue weighted by molar-refractivity contribution is 6.02. The van der Waals surface area contributed by atoms with E-state index in [1.165, 1.54) is 19.8 Å². The Hall–Kier alpha value is -2.22. The van der Waals surface area contributed by atoms with E-state index in [-0.39, 0.29) is 5.56 Å². The summed E-state index contributed by atoms with van der Waals surface area (Å²) < 4.78 is 32.8. The Morgan fingerprint density at radius 3 is 2.88 bits per heavy atom. The maximum atomic E-state index is 12.8. The van der Waals surface area contributed by atoms with Crippen molar-refractivity contribution in [2.24, 2.45) is 5.92 Å². The normalized spacial score (nSPS) is 16.7. The zero-order chi connectivity index (χ0) is 18.9. The smallest absolute Gasteiger partial charge is 0.255 e. The zero-order valence-corrected chi connectivity index (χ0v) is 14.8. The van der Waals surface area contributed by atoms with Crippen LogP contribution in [0.1, 0.15) is 42.2 Å². The number of pyridine rings is 1. The molecule has 1 amide bonds. The molecule has 1 atom stereocenters. The van der Waals surface area contributed by atoms with Gasteiger partial charge in [-0.15, -0.1) is 0 Å². The summed E-state index contributed by atoms with van der Waals surface area (Å²) in [4.78, 5) is 12.7. The van der Waals surface area contributed by atoms with Crippen molar-refractivity contribution in [3.63, 3.8) is 0 Å². The van der Waals surface area contributed by atoms with Gasteiger partial charge in [0, 0.05) is 18.7 Å². The van der Waals surface area contributed by atoms with Gasteiger partial charge in [-0.1, -0.05) is 0 Å². The van der Waals surface area contributed by atoms with Crippen LogP contribution < -0.4 is 10.1 Å². The van der Waals surface area contributed by atoms with E-state index >= 15 is 0 Å². The summed E-state index contributed by atoms with van der Waals surface area (Å²) in [5.74, 6) is 0.685. The number of rotatable bonds is 8. The van der Waals surface area contributed by atoms with Gasteiger partial charge in [0.1, 0.15) is 5.75 Å². The number of aliphatic hydroxyl groups excluding tert-OH is 1. The minimum atomic E-state index is -2.64. The summed E-state index contributed by atoms with van der Waals surface area (Å²) in [6, 6.07) is 3.50. The molecule has 0 aliphatic heterocycles. The Labute approximate surface area is 150 Å². The molecule has 2 N–H and O–H groups in total. The molecule has 0 bridgehead atoms. The summed E-state index contributed by atoms with van der Waals surface area (Å²) in [5, 5.41) is 16.3. The fourth-order valence-electron chi connectivity index (χ4n) is 2.85. The maximum Gasteiger partial charge on any atom is 0.255 e. The topological polar surface area (TPSA) is 75.9 Å². The van der Waals surface area contributed by atoms with Crippen molar-refractivity contribution < 1.29 is 23.4 Å². The third kappa shape index (κ3) is 4.12. The van der Waals surface area contributed by atoms with Gasteiger partial charge in [0.05, 0.1) is 35.5 Å². The highest BCUT2D eigenvalue weighted by atomic mass is 19.3. The molecule has 0 saturated heterocycles. The van der Waals surface area contributed by atoms with Crippen LogP contribution in [0.25, 0.3) is 5.52 Å². The van der Waals surface area contributed by atoms with Gasteiger partial charge >= 0.3 is 0 Å². The predicted octanol–water partition coefficient (Wildman–Crippen LogP) is 2.57. The molecule has 3 rings (SSSR count). The predicted molar refractivity (Wildman–Crippen MR) is 91.7 cm³/mol. The van der Waals surface area contributed by atoms with E-state index in [1.807, 2.05) is 0 Å². The molecule has 8 heteroatoms. The van der Waals surface area contributed by atoms with E-state index in [0.717, 1.165) is 0 Å². The largest absolute Gasteiger partial charge is 0.493 e. The van der Waals surface area contributed by atoms with Gasteiger partial charge in [0.2, 0.25) is 6.43 Å². The quantitative estimate of drug-likeness (QED) is 0.752. The SMILES string of the molecule is Cc1nn2ccc(OCC3CC3)cc2c1C(=O)NC(C)(CO)CC(F)F. The lowest BCUT2D eigenvalue weighted by atomic mass is 9.98. The van der Waals surface area contributed by atoms with Crippen LogP contribution in [-0.4, -0.2) is 45.8 Å². The Morgan fingerprint density at radius 2 is 2.27 bits per heavy atom. The van der Waals surface area contributed by atoms with Crippen molar-refractivity contribution in [1.29, 1.82) is 0 Å². The van der Waals surface area contributed by atoms with Crippen LogP contribution in [0.15, 0.2) is 18.3 Å². The Balaban J connectivity index is 1.85. The fraction of sp³-hybridized carbons (Fsp3) is 0.556. The first-order valence-electron chi connectivity index (χ1n) is 8.64. The molecule has 6 nitrogen and oxygen atoms in total. The molecular formula is C18H23F2N3O3. The number of carbonyl (C=O) groups is 1. The molecule has 2 aromatic rings. The number of carbonyl (C=O) groups excluding carboxylic acids is 1. The highest BCUT2D eigenvalue weighted by Gasteiger charge is 2.31. The number of alkyl halides is 2. The molecule has 1 fully saturated rings. The second-order valence-electron chi connectivity index (χ2n) is 7.18. The standard InChI is InChI=1S/C18H23F2N3O3/c1-11-16(17(25)21-18(2,10-24)8-15(19)20)14-7-13(5-6-23(14)22-11)26-9-12-3-4-12/h5-7,12,15,24H,3-4,8-10H2,1-2H3,(H,21,25). The summed E-state index contributed by atoms with van der Waals surface area (Å²) >= 11 is 0. The number of hydrogen-bond donors (Lipinski definition) is 2. The van der Waals surface area contributed by atoms with Gasteiger partial charge in [0.15, 0.2) is 0 Å². The van der Waals surface area contributed by atoms with Gasteiger partial charge < -0.3 is 15.2 Å². The second kappa shape index (κ2) is 7.19. The number of aliphatic hydroxyl groups is 1. The van der Waals surface area contributed by atoms with E-state index in [4.69, 9.17) is 4.74 Å². The number of nitrogens with one attached hydrogen (secondary N) is 1. The van der Waals surface area contributed by atoms with E-state index < -0.39 is 30.9 Å². The van der Waals surface area contributed by atoms with Gasteiger partial charge in [-0.3, -0.25) is 4.79 Å². The molecule has 1 aliphatic carbocycles. The van der Waals surface area contributed by atoms with Crippen molar-refractivity contribution in [2.75, 3.05) is 13.2 Å². The Bertz CT molecular complexity index is 804. The summed E-state index contributed by atoms with van der Waals surface area (Å²) in [6.07, 6.45) is 0.770. The average Bonchev–Trinajstić information content (AvgIpc) is 3.33. The zero-order valence-electron chi connectivity index (χ0n) is 14.8. The van der Waals surface area contributed by atoms with E-state index in [1.54, 1.807) is 29.8 Å². The van der Waals surface area contributed by atoms with Gasteiger partial charge in [0.25, 0.3) is 5.91 Å². The van der Waals surface area contributed by atoms with Crippen molar-refractivity contribution in [3.8, 4) is 5.75 Å². The molecule has 0 radical (unpaired) electrons. The first-order chi connectivity index (χ1) is 12.3. The molecule has 0 spiro atoms. The number of aromatic nitrogens is 2. The lowest BCUT2D eigenvalue weighted by Gasteiger charge is -2.28. The van der Waals surface area contributed by atoms with E-state index in [9.17, 15) is 18.7 Å². The summed E-state index contributed by atoms with van der Waals surface area (Å²) in [5.41, 5.74) is -0.118. The molecule has 1 unspecified atom stereocenters. The lowest BCUT2D eigenvalue weighted by Crippen LogP contribution is -2.50. The molecule has 2 aromatic heterocycles. The minimum absolute atomic E-state index is 0.288. The van der Waals surface area contributed by atoms with Gasteiger partial charge in [-0.2, -0.15) is 5.10 Å². The monoisotopic (exact) mass is 367 g/mol. The van der Waals surface area contributed by atoms with Crippen molar-refractivity contribution in [3.05, 3.63) is 29.6 Å². The fourth-order valence-corrected chi connectivity index (χ4v) is 2.85. The second-order valence-corrected chi connectivity index (χ2v) is 7.18. The summed E-state index contributed by atoms with van der Waals surface area (Å²) in [7, 11) is 0. The average molecular weight is 367 g/mol. The summed E-state index contributed by atoms with van der Waals surface area (Å²) in [6.45, 7) is 3.12. The van der Waals surface area contributed by atoms with Crippen LogP contribution in [0.5, 0.6) is 5.75 Å². The molecule has 2 heterocycles. The van der Waals surface area contributed by atoms with Crippen LogP contribution in [0.2, 0.25) is 0 Å². The maximum absolute atomic E-state index is 12.8. The first kappa shape index (κ1) is 18.6.